The van der Waals surface area contributed by atoms with Crippen LogP contribution in [0.1, 0.15) is 49.9 Å². The van der Waals surface area contributed by atoms with Crippen LogP contribution in [0, 0.1) is 0 Å². The number of carbonyl (C=O) groups excluding carboxylic acids is 3. The van der Waals surface area contributed by atoms with Gasteiger partial charge >= 0.3 is 24.7 Å². The third kappa shape index (κ3) is 8.36. The van der Waals surface area contributed by atoms with Gasteiger partial charge in [-0.05, 0) is 89.0 Å². The van der Waals surface area contributed by atoms with E-state index in [2.05, 4.69) is 0 Å². The van der Waals surface area contributed by atoms with Crippen molar-refractivity contribution in [3.63, 3.8) is 0 Å². The van der Waals surface area contributed by atoms with E-state index < -0.39 is 132 Å². The van der Waals surface area contributed by atoms with Crippen molar-refractivity contribution >= 4 is 40.5 Å². The zero-order chi connectivity index (χ0) is 47.2. The molecule has 5 rings (SSSR count). The highest BCUT2D eigenvalue weighted by Gasteiger charge is 2.74. The molecule has 63 heavy (non-hydrogen) atoms. The Balaban J connectivity index is 1.52. The standard InChI is InChI=1S/C40H27F12N4O7/c1-18(57)54-26-15-22(6-10-30(26)59)36(39(47,48)49,40(50,51)52)24-8-12-32(61)28(17-24)56-34(63)20-4-2-3-19(13-20)33(62)55-27-16-23(7-11-31(27)60)35(37(41,42)43,38(44,45)46)21-5-9-29(58)25(53)14-21/h2-17,53,58-61H,1H3,(H,54,57)(H,55,62)(H,56,63). The maximum atomic E-state index is 14.9. The highest BCUT2D eigenvalue weighted by molar-refractivity contribution is 6.09. The number of hydrogen-bond donors (Lipinski definition) is 7. The fourth-order valence-electron chi connectivity index (χ4n) is 6.72. The van der Waals surface area contributed by atoms with Gasteiger partial charge in [0.1, 0.15) is 23.0 Å². The van der Waals surface area contributed by atoms with Gasteiger partial charge in [0.2, 0.25) is 16.7 Å². The molecule has 5 aromatic carbocycles. The van der Waals surface area contributed by atoms with Gasteiger partial charge in [-0.1, -0.05) is 30.3 Å². The van der Waals surface area contributed by atoms with Gasteiger partial charge in [0, 0.05) is 18.1 Å². The number of carbonyl (C=O) groups is 3. The van der Waals surface area contributed by atoms with Crippen LogP contribution in [0.3, 0.4) is 0 Å². The molecule has 0 unspecified atom stereocenters. The van der Waals surface area contributed by atoms with Crippen molar-refractivity contribution in [2.24, 2.45) is 0 Å². The zero-order valence-electron chi connectivity index (χ0n) is 31.3. The normalized spacial score (nSPS) is 12.7. The third-order valence-electron chi connectivity index (χ3n) is 9.61. The lowest BCUT2D eigenvalue weighted by atomic mass is 9.72. The van der Waals surface area contributed by atoms with E-state index in [1.54, 1.807) is 0 Å². The van der Waals surface area contributed by atoms with E-state index in [0.29, 0.717) is 30.3 Å². The lowest BCUT2D eigenvalue weighted by molar-refractivity contribution is -0.290. The maximum Gasteiger partial charge on any atom is 0.411 e. The van der Waals surface area contributed by atoms with Gasteiger partial charge in [-0.15, -0.1) is 0 Å². The Kier molecular flexibility index (Phi) is 12.0. The van der Waals surface area contributed by atoms with E-state index >= 15 is 0 Å². The number of amides is 3. The van der Waals surface area contributed by atoms with Crippen molar-refractivity contribution in [2.45, 2.75) is 42.5 Å². The van der Waals surface area contributed by atoms with E-state index in [9.17, 15) is 87.5 Å². The van der Waals surface area contributed by atoms with Gasteiger partial charge in [0.25, 0.3) is 11.8 Å². The predicted octanol–water partition coefficient (Wildman–Crippen LogP) is 9.71. The number of alkyl halides is 12. The first-order valence-electron chi connectivity index (χ1n) is 17.3. The second kappa shape index (κ2) is 16.2. The van der Waals surface area contributed by atoms with Crippen molar-refractivity contribution in [1.29, 1.82) is 0 Å². The largest absolute Gasteiger partial charge is 0.506 e. The third-order valence-corrected chi connectivity index (χ3v) is 9.61. The Morgan fingerprint density at radius 3 is 1.05 bits per heavy atom. The lowest BCUT2D eigenvalue weighted by Crippen LogP contribution is -2.54. The quantitative estimate of drug-likeness (QED) is 0.0566. The summed E-state index contributed by atoms with van der Waals surface area (Å²) in [5.41, 5.74) is -13.8. The average Bonchev–Trinajstić information content (AvgIpc) is 3.14. The Bertz CT molecular complexity index is 2580. The number of aromatic hydroxyl groups is 4. The van der Waals surface area contributed by atoms with Gasteiger partial charge < -0.3 is 36.4 Å². The van der Waals surface area contributed by atoms with Crippen LogP contribution in [0.15, 0.2) is 97.1 Å². The number of rotatable bonds is 9. The number of anilines is 3. The van der Waals surface area contributed by atoms with Crippen LogP contribution in [0.25, 0.3) is 0 Å². The molecular formula is C40H27F12N4O7. The van der Waals surface area contributed by atoms with Crippen molar-refractivity contribution in [3.8, 4) is 23.0 Å². The van der Waals surface area contributed by atoms with E-state index in [0.717, 1.165) is 25.1 Å². The Morgan fingerprint density at radius 1 is 0.444 bits per heavy atom. The molecule has 5 aromatic rings. The summed E-state index contributed by atoms with van der Waals surface area (Å²) in [4.78, 5) is 38.2. The van der Waals surface area contributed by atoms with Crippen LogP contribution >= 0.6 is 0 Å². The molecule has 0 saturated heterocycles. The van der Waals surface area contributed by atoms with Crippen LogP contribution < -0.4 is 21.7 Å². The summed E-state index contributed by atoms with van der Waals surface area (Å²) < 4.78 is 178. The summed E-state index contributed by atoms with van der Waals surface area (Å²) in [6.45, 7) is 0.857. The summed E-state index contributed by atoms with van der Waals surface area (Å²) in [5, 5.41) is 46.2. The van der Waals surface area contributed by atoms with Crippen LogP contribution in [-0.2, 0) is 15.6 Å². The first-order valence-corrected chi connectivity index (χ1v) is 17.3. The van der Waals surface area contributed by atoms with E-state index in [1.165, 1.54) is 0 Å². The molecule has 0 spiro atoms. The molecule has 0 fully saturated rings. The molecule has 0 atom stereocenters. The summed E-state index contributed by atoms with van der Waals surface area (Å²) in [5.74, 6) is -7.74. The summed E-state index contributed by atoms with van der Waals surface area (Å²) in [6.07, 6.45) is -24.9. The van der Waals surface area contributed by atoms with E-state index in [4.69, 9.17) is 5.73 Å². The summed E-state index contributed by atoms with van der Waals surface area (Å²) in [7, 11) is 0. The van der Waals surface area contributed by atoms with Crippen molar-refractivity contribution in [2.75, 3.05) is 16.0 Å². The first kappa shape index (κ1) is 46.7. The Labute approximate surface area is 345 Å². The molecule has 23 heteroatoms. The van der Waals surface area contributed by atoms with Crippen LogP contribution in [0.4, 0.5) is 75.4 Å². The smallest absolute Gasteiger partial charge is 0.411 e. The minimum Gasteiger partial charge on any atom is -0.506 e. The van der Waals surface area contributed by atoms with E-state index in [-0.39, 0.29) is 48.5 Å². The summed E-state index contributed by atoms with van der Waals surface area (Å²) >= 11 is 0. The van der Waals surface area contributed by atoms with Gasteiger partial charge in [0.05, 0.1) is 22.7 Å². The molecule has 0 saturated carbocycles. The average molecular weight is 904 g/mol. The van der Waals surface area contributed by atoms with Gasteiger partial charge in [-0.2, -0.15) is 52.7 Å². The number of phenols is 4. The summed E-state index contributed by atoms with van der Waals surface area (Å²) in [6, 6.07) is 6.91. The minimum atomic E-state index is -6.23. The van der Waals surface area contributed by atoms with Gasteiger partial charge in [0.15, 0.2) is 0 Å². The number of phenolic OH excluding ortho intramolecular Hbond substituents is 4. The maximum absolute atomic E-state index is 14.9. The van der Waals surface area contributed by atoms with Crippen molar-refractivity contribution < 1.29 is 87.5 Å². The molecule has 11 nitrogen and oxygen atoms in total. The molecular weight excluding hydrogens is 876 g/mol. The monoisotopic (exact) mass is 903 g/mol. The molecule has 3 amide bonds. The molecule has 0 aliphatic carbocycles. The molecule has 1 radical (unpaired) electrons. The first-order chi connectivity index (χ1) is 29.0. The van der Waals surface area contributed by atoms with Crippen LogP contribution in [0.2, 0.25) is 0 Å². The number of hydrogen-bond acceptors (Lipinski definition) is 7. The zero-order valence-corrected chi connectivity index (χ0v) is 31.3. The molecule has 0 bridgehead atoms. The molecule has 8 N–H and O–H groups in total. The molecule has 333 valence electrons. The Hall–Kier alpha value is -7.33. The SMILES string of the molecule is CC(=O)Nc1cc(C(c2ccc(O)c(NC(=O)c3cccc(C(=O)Nc4cc(C(c5ccc(O)c([NH])c5)(C(F)(F)F)C(F)(F)F)ccc4O)c3)c2)(C(F)(F)F)C(F)(F)F)ccc1O. The molecule has 0 aromatic heterocycles. The van der Waals surface area contributed by atoms with Crippen LogP contribution in [0.5, 0.6) is 23.0 Å². The highest BCUT2D eigenvalue weighted by atomic mass is 19.4. The number of halogens is 12. The second-order valence-electron chi connectivity index (χ2n) is 13.6. The number of nitrogens with one attached hydrogen (secondary N) is 4. The van der Waals surface area contributed by atoms with E-state index in [1.807, 2.05) is 16.0 Å². The molecule has 0 aliphatic heterocycles. The lowest BCUT2D eigenvalue weighted by Gasteiger charge is -2.38. The predicted molar refractivity (Wildman–Crippen MR) is 198 cm³/mol. The van der Waals surface area contributed by atoms with Gasteiger partial charge in [-0.25, -0.2) is 0 Å². The fourth-order valence-corrected chi connectivity index (χ4v) is 6.72. The second-order valence-corrected chi connectivity index (χ2v) is 13.6. The highest BCUT2D eigenvalue weighted by Crippen LogP contribution is 2.59. The topological polar surface area (TPSA) is 192 Å². The minimum absolute atomic E-state index is 0.123. The van der Waals surface area contributed by atoms with Crippen molar-refractivity contribution in [3.05, 3.63) is 130 Å². The van der Waals surface area contributed by atoms with Crippen molar-refractivity contribution in [1.82, 2.24) is 5.73 Å². The number of benzene rings is 5. The Morgan fingerprint density at radius 2 is 0.746 bits per heavy atom. The van der Waals surface area contributed by atoms with Crippen LogP contribution in [-0.4, -0.2) is 62.9 Å². The molecule has 0 heterocycles. The molecule has 0 aliphatic rings. The fraction of sp³-hybridized carbons (Fsp3) is 0.175. The van der Waals surface area contributed by atoms with Gasteiger partial charge in [-0.3, -0.25) is 20.1 Å².